The molecule has 0 bridgehead atoms. The Kier molecular flexibility index (Phi) is 3.94. The largest absolute Gasteiger partial charge is 0.383 e. The highest BCUT2D eigenvalue weighted by Gasteiger charge is 2.27. The second-order valence-corrected chi connectivity index (χ2v) is 4.16. The minimum absolute atomic E-state index is 0.0764. The molecule has 0 fully saturated rings. The fourth-order valence-electron chi connectivity index (χ4n) is 1.96. The fourth-order valence-corrected chi connectivity index (χ4v) is 1.96. The number of nitrogens with zero attached hydrogens (tertiary/aromatic N) is 1. The van der Waals surface area contributed by atoms with Gasteiger partial charge in [-0.15, -0.1) is 0 Å². The van der Waals surface area contributed by atoms with Crippen molar-refractivity contribution in [1.29, 1.82) is 0 Å². The van der Waals surface area contributed by atoms with Crippen molar-refractivity contribution in [2.24, 2.45) is 0 Å². The average molecular weight is 248 g/mol. The van der Waals surface area contributed by atoms with E-state index < -0.39 is 0 Å². The van der Waals surface area contributed by atoms with E-state index in [1.54, 1.807) is 18.1 Å². The molecule has 0 aliphatic carbocycles. The second-order valence-electron chi connectivity index (χ2n) is 4.16. The first-order chi connectivity index (χ1) is 8.72. The second kappa shape index (κ2) is 5.64. The molecular formula is C13H16N2O3. The molecule has 2 rings (SSSR count). The van der Waals surface area contributed by atoms with Crippen LogP contribution in [0.5, 0.6) is 0 Å². The third kappa shape index (κ3) is 2.68. The normalized spacial score (nSPS) is 13.6. The van der Waals surface area contributed by atoms with Crippen molar-refractivity contribution >= 4 is 11.8 Å². The predicted molar refractivity (Wildman–Crippen MR) is 66.1 cm³/mol. The van der Waals surface area contributed by atoms with Crippen LogP contribution in [0.4, 0.5) is 0 Å². The van der Waals surface area contributed by atoms with Crippen molar-refractivity contribution in [3.8, 4) is 0 Å². The first-order valence-electron chi connectivity index (χ1n) is 5.85. The molecule has 0 radical (unpaired) electrons. The van der Waals surface area contributed by atoms with Crippen LogP contribution < -0.4 is 5.32 Å². The van der Waals surface area contributed by atoms with E-state index in [1.807, 2.05) is 18.2 Å². The predicted octanol–water partition coefficient (Wildman–Crippen LogP) is 0.405. The number of carbonyl (C=O) groups excluding carboxylic acids is 2. The monoisotopic (exact) mass is 248 g/mol. The number of ether oxygens (including phenoxy) is 1. The summed E-state index contributed by atoms with van der Waals surface area (Å²) < 4.78 is 4.84. The van der Waals surface area contributed by atoms with E-state index in [-0.39, 0.29) is 18.4 Å². The van der Waals surface area contributed by atoms with Crippen molar-refractivity contribution in [3.63, 3.8) is 0 Å². The number of hydrogen-bond acceptors (Lipinski definition) is 3. The van der Waals surface area contributed by atoms with Gasteiger partial charge in [0.25, 0.3) is 5.91 Å². The molecule has 1 aromatic carbocycles. The Labute approximate surface area is 106 Å². The van der Waals surface area contributed by atoms with E-state index in [2.05, 4.69) is 5.32 Å². The molecule has 0 aromatic heterocycles. The van der Waals surface area contributed by atoms with Crippen LogP contribution in [0.3, 0.4) is 0 Å². The molecule has 1 N–H and O–H groups in total. The number of nitrogens with one attached hydrogen (secondary N) is 1. The Balaban J connectivity index is 1.90. The van der Waals surface area contributed by atoms with Crippen molar-refractivity contribution in [3.05, 3.63) is 35.4 Å². The lowest BCUT2D eigenvalue weighted by atomic mass is 10.1. The Morgan fingerprint density at radius 2 is 2.22 bits per heavy atom. The smallest absolute Gasteiger partial charge is 0.254 e. The number of carbonyl (C=O) groups is 2. The molecule has 96 valence electrons. The van der Waals surface area contributed by atoms with E-state index in [9.17, 15) is 9.59 Å². The molecule has 18 heavy (non-hydrogen) atoms. The number of hydrogen-bond donors (Lipinski definition) is 1. The molecule has 1 heterocycles. The lowest BCUT2D eigenvalue weighted by molar-refractivity contribution is -0.122. The standard InChI is InChI=1S/C13H16N2O3/c1-18-7-6-14-12(16)9-15-8-10-4-2-3-5-11(10)13(15)17/h2-5H,6-9H2,1H3,(H,14,16). The van der Waals surface area contributed by atoms with Gasteiger partial charge >= 0.3 is 0 Å². The molecule has 0 unspecified atom stereocenters. The first-order valence-corrected chi connectivity index (χ1v) is 5.85. The quantitative estimate of drug-likeness (QED) is 0.768. The number of amides is 2. The van der Waals surface area contributed by atoms with Crippen molar-refractivity contribution < 1.29 is 14.3 Å². The number of methoxy groups -OCH3 is 1. The first kappa shape index (κ1) is 12.6. The van der Waals surface area contributed by atoms with Gasteiger partial charge in [0.05, 0.1) is 6.61 Å². The Morgan fingerprint density at radius 3 is 2.94 bits per heavy atom. The Bertz CT molecular complexity index is 459. The maximum atomic E-state index is 12.0. The van der Waals surface area contributed by atoms with Crippen LogP contribution in [0.2, 0.25) is 0 Å². The average Bonchev–Trinajstić information content (AvgIpc) is 2.67. The molecule has 1 aliphatic heterocycles. The van der Waals surface area contributed by atoms with Gasteiger partial charge in [-0.05, 0) is 11.6 Å². The van der Waals surface area contributed by atoms with E-state index in [4.69, 9.17) is 4.74 Å². The summed E-state index contributed by atoms with van der Waals surface area (Å²) in [6, 6.07) is 7.43. The molecule has 5 heteroatoms. The molecule has 1 aromatic rings. The van der Waals surface area contributed by atoms with E-state index in [0.717, 1.165) is 5.56 Å². The SMILES string of the molecule is COCCNC(=O)CN1Cc2ccccc2C1=O. The van der Waals surface area contributed by atoms with Gasteiger partial charge in [0.15, 0.2) is 0 Å². The fraction of sp³-hybridized carbons (Fsp3) is 0.385. The topological polar surface area (TPSA) is 58.6 Å². The van der Waals surface area contributed by atoms with Crippen molar-refractivity contribution in [2.75, 3.05) is 26.8 Å². The summed E-state index contributed by atoms with van der Waals surface area (Å²) in [5.74, 6) is -0.235. The van der Waals surface area contributed by atoms with Gasteiger partial charge in [0.1, 0.15) is 6.54 Å². The number of benzene rings is 1. The third-order valence-corrected chi connectivity index (χ3v) is 2.86. The van der Waals surface area contributed by atoms with Crippen molar-refractivity contribution in [2.45, 2.75) is 6.54 Å². The molecule has 2 amide bonds. The highest BCUT2D eigenvalue weighted by atomic mass is 16.5. The summed E-state index contributed by atoms with van der Waals surface area (Å²) in [6.45, 7) is 1.54. The molecule has 0 spiro atoms. The van der Waals surface area contributed by atoms with Crippen LogP contribution in [0.25, 0.3) is 0 Å². The Hall–Kier alpha value is -1.88. The molecule has 1 aliphatic rings. The summed E-state index contributed by atoms with van der Waals surface area (Å²) >= 11 is 0. The van der Waals surface area contributed by atoms with Crippen molar-refractivity contribution in [1.82, 2.24) is 10.2 Å². The van der Waals surface area contributed by atoms with Crippen LogP contribution in [0.15, 0.2) is 24.3 Å². The van der Waals surface area contributed by atoms with E-state index >= 15 is 0 Å². The summed E-state index contributed by atoms with van der Waals surface area (Å²) in [6.07, 6.45) is 0. The third-order valence-electron chi connectivity index (χ3n) is 2.86. The molecular weight excluding hydrogens is 232 g/mol. The van der Waals surface area contributed by atoms with Gasteiger partial charge in [-0.1, -0.05) is 18.2 Å². The molecule has 5 nitrogen and oxygen atoms in total. The van der Waals surface area contributed by atoms with Gasteiger partial charge < -0.3 is 15.0 Å². The maximum Gasteiger partial charge on any atom is 0.254 e. The lowest BCUT2D eigenvalue weighted by Crippen LogP contribution is -2.38. The van der Waals surface area contributed by atoms with Crippen LogP contribution in [0.1, 0.15) is 15.9 Å². The highest BCUT2D eigenvalue weighted by molar-refractivity contribution is 6.00. The van der Waals surface area contributed by atoms with Crippen LogP contribution in [0, 0.1) is 0 Å². The summed E-state index contributed by atoms with van der Waals surface area (Å²) in [5.41, 5.74) is 1.68. The summed E-state index contributed by atoms with van der Waals surface area (Å²) in [4.78, 5) is 25.1. The van der Waals surface area contributed by atoms with Gasteiger partial charge in [0.2, 0.25) is 5.91 Å². The minimum atomic E-state index is -0.159. The van der Waals surface area contributed by atoms with Gasteiger partial charge in [-0.25, -0.2) is 0 Å². The molecule has 0 saturated carbocycles. The Morgan fingerprint density at radius 1 is 1.44 bits per heavy atom. The van der Waals surface area contributed by atoms with Gasteiger partial charge in [0, 0.05) is 25.8 Å². The van der Waals surface area contributed by atoms with Crippen LogP contribution in [-0.2, 0) is 16.1 Å². The lowest BCUT2D eigenvalue weighted by Gasteiger charge is -2.14. The minimum Gasteiger partial charge on any atom is -0.383 e. The van der Waals surface area contributed by atoms with E-state index in [0.29, 0.717) is 25.3 Å². The summed E-state index contributed by atoms with van der Waals surface area (Å²) in [7, 11) is 1.58. The molecule has 0 saturated heterocycles. The zero-order chi connectivity index (χ0) is 13.0. The molecule has 0 atom stereocenters. The number of fused-ring (bicyclic) bond motifs is 1. The maximum absolute atomic E-state index is 12.0. The highest BCUT2D eigenvalue weighted by Crippen LogP contribution is 2.21. The van der Waals surface area contributed by atoms with Gasteiger partial charge in [-0.2, -0.15) is 0 Å². The zero-order valence-electron chi connectivity index (χ0n) is 10.3. The van der Waals surface area contributed by atoms with Crippen LogP contribution >= 0.6 is 0 Å². The zero-order valence-corrected chi connectivity index (χ0v) is 10.3. The number of rotatable bonds is 5. The van der Waals surface area contributed by atoms with E-state index in [1.165, 1.54) is 0 Å². The van der Waals surface area contributed by atoms with Crippen LogP contribution in [-0.4, -0.2) is 43.5 Å². The summed E-state index contributed by atoms with van der Waals surface area (Å²) in [5, 5.41) is 2.70. The van der Waals surface area contributed by atoms with Gasteiger partial charge in [-0.3, -0.25) is 9.59 Å².